The summed E-state index contributed by atoms with van der Waals surface area (Å²) in [5, 5.41) is 2.10. The fourth-order valence-corrected chi connectivity index (χ4v) is 4.51. The number of ether oxygens (including phenoxy) is 1. The van der Waals surface area contributed by atoms with Gasteiger partial charge in [-0.1, -0.05) is 37.3 Å². The predicted octanol–water partition coefficient (Wildman–Crippen LogP) is 3.11. The number of hydrogen-bond donors (Lipinski definition) is 0. The number of thiophene rings is 1. The number of carbonyl (C=O) groups is 2. The maximum atomic E-state index is 13.2. The quantitative estimate of drug-likeness (QED) is 0.735. The van der Waals surface area contributed by atoms with Crippen molar-refractivity contribution in [3.63, 3.8) is 0 Å². The van der Waals surface area contributed by atoms with E-state index < -0.39 is 0 Å². The summed E-state index contributed by atoms with van der Waals surface area (Å²) in [5.41, 5.74) is 2.31. The topological polar surface area (TPSA) is 49.9 Å². The molecule has 1 aliphatic heterocycles. The minimum atomic E-state index is -0.141. The van der Waals surface area contributed by atoms with Crippen molar-refractivity contribution in [2.45, 2.75) is 25.8 Å². The van der Waals surface area contributed by atoms with Crippen molar-refractivity contribution in [2.24, 2.45) is 0 Å². The van der Waals surface area contributed by atoms with E-state index in [1.165, 1.54) is 17.6 Å². The number of benzene rings is 1. The van der Waals surface area contributed by atoms with Crippen molar-refractivity contribution in [3.8, 4) is 0 Å². The van der Waals surface area contributed by atoms with Crippen molar-refractivity contribution in [2.75, 3.05) is 33.4 Å². The van der Waals surface area contributed by atoms with E-state index in [4.69, 9.17) is 4.74 Å². The number of amides is 2. The molecule has 1 aromatic heterocycles. The van der Waals surface area contributed by atoms with Crippen LogP contribution in [0.1, 0.15) is 35.4 Å². The molecule has 2 amide bonds. The molecule has 144 valence electrons. The molecule has 0 saturated heterocycles. The SMILES string of the molecule is CCCN(CC(=O)N1CCc2sccc2C1c1ccccc1)C(=O)COC. The first-order valence-electron chi connectivity index (χ1n) is 9.33. The van der Waals surface area contributed by atoms with Crippen LogP contribution in [0.2, 0.25) is 0 Å². The molecule has 0 fully saturated rings. The molecule has 3 rings (SSSR count). The molecule has 0 aliphatic carbocycles. The van der Waals surface area contributed by atoms with Crippen LogP contribution in [-0.4, -0.2) is 55.0 Å². The summed E-state index contributed by atoms with van der Waals surface area (Å²) in [5.74, 6) is -0.157. The Hall–Kier alpha value is -2.18. The molecular weight excluding hydrogens is 360 g/mol. The first kappa shape index (κ1) is 19.6. The lowest BCUT2D eigenvalue weighted by Crippen LogP contribution is -2.47. The number of methoxy groups -OCH3 is 1. The maximum Gasteiger partial charge on any atom is 0.249 e. The van der Waals surface area contributed by atoms with Gasteiger partial charge in [-0.05, 0) is 35.4 Å². The van der Waals surface area contributed by atoms with Gasteiger partial charge in [0.2, 0.25) is 11.8 Å². The van der Waals surface area contributed by atoms with E-state index in [9.17, 15) is 9.59 Å². The molecule has 1 unspecified atom stereocenters. The van der Waals surface area contributed by atoms with Gasteiger partial charge >= 0.3 is 0 Å². The van der Waals surface area contributed by atoms with Crippen molar-refractivity contribution < 1.29 is 14.3 Å². The second kappa shape index (κ2) is 9.15. The Morgan fingerprint density at radius 3 is 2.74 bits per heavy atom. The number of fused-ring (bicyclic) bond motifs is 1. The molecule has 0 saturated carbocycles. The number of hydrogen-bond acceptors (Lipinski definition) is 4. The van der Waals surface area contributed by atoms with Crippen molar-refractivity contribution in [1.29, 1.82) is 0 Å². The number of rotatable bonds is 7. The lowest BCUT2D eigenvalue weighted by Gasteiger charge is -2.37. The molecule has 0 bridgehead atoms. The summed E-state index contributed by atoms with van der Waals surface area (Å²) in [6.07, 6.45) is 1.67. The Bertz CT molecular complexity index is 775. The summed E-state index contributed by atoms with van der Waals surface area (Å²) >= 11 is 1.75. The zero-order valence-electron chi connectivity index (χ0n) is 15.9. The fraction of sp³-hybridized carbons (Fsp3) is 0.429. The van der Waals surface area contributed by atoms with E-state index in [0.717, 1.165) is 18.4 Å². The van der Waals surface area contributed by atoms with E-state index in [2.05, 4.69) is 23.6 Å². The van der Waals surface area contributed by atoms with Gasteiger partial charge in [0.15, 0.2) is 0 Å². The first-order chi connectivity index (χ1) is 13.2. The summed E-state index contributed by atoms with van der Waals surface area (Å²) in [6.45, 7) is 3.33. The van der Waals surface area contributed by atoms with Crippen LogP contribution in [0.4, 0.5) is 0 Å². The monoisotopic (exact) mass is 386 g/mol. The zero-order valence-corrected chi connectivity index (χ0v) is 16.7. The van der Waals surface area contributed by atoms with Crippen LogP contribution in [0.3, 0.4) is 0 Å². The molecule has 27 heavy (non-hydrogen) atoms. The molecule has 5 nitrogen and oxygen atoms in total. The van der Waals surface area contributed by atoms with Crippen LogP contribution >= 0.6 is 11.3 Å². The van der Waals surface area contributed by atoms with Crippen LogP contribution in [0.5, 0.6) is 0 Å². The third kappa shape index (κ3) is 4.39. The second-order valence-corrected chi connectivity index (χ2v) is 7.70. The summed E-state index contributed by atoms with van der Waals surface area (Å²) in [6, 6.07) is 12.2. The van der Waals surface area contributed by atoms with Gasteiger partial charge in [-0.15, -0.1) is 11.3 Å². The van der Waals surface area contributed by atoms with E-state index in [-0.39, 0.29) is 31.0 Å². The molecule has 0 spiro atoms. The Labute approximate surface area is 164 Å². The van der Waals surface area contributed by atoms with Gasteiger partial charge in [-0.25, -0.2) is 0 Å². The fourth-order valence-electron chi connectivity index (χ4n) is 3.61. The van der Waals surface area contributed by atoms with Gasteiger partial charge in [0.05, 0.1) is 12.6 Å². The van der Waals surface area contributed by atoms with E-state index in [1.807, 2.05) is 30.0 Å². The Morgan fingerprint density at radius 2 is 2.04 bits per heavy atom. The summed E-state index contributed by atoms with van der Waals surface area (Å²) in [7, 11) is 1.50. The lowest BCUT2D eigenvalue weighted by molar-refractivity contribution is -0.143. The van der Waals surface area contributed by atoms with Gasteiger partial charge in [-0.3, -0.25) is 9.59 Å². The second-order valence-electron chi connectivity index (χ2n) is 6.70. The number of carbonyl (C=O) groups excluding carboxylic acids is 2. The van der Waals surface area contributed by atoms with Crippen molar-refractivity contribution >= 4 is 23.2 Å². The average molecular weight is 387 g/mol. The Balaban J connectivity index is 1.85. The van der Waals surface area contributed by atoms with Crippen LogP contribution in [0.25, 0.3) is 0 Å². The van der Waals surface area contributed by atoms with Gasteiger partial charge in [-0.2, -0.15) is 0 Å². The first-order valence-corrected chi connectivity index (χ1v) is 10.2. The highest BCUT2D eigenvalue weighted by atomic mass is 32.1. The largest absolute Gasteiger partial charge is 0.375 e. The number of nitrogens with zero attached hydrogens (tertiary/aromatic N) is 2. The summed E-state index contributed by atoms with van der Waals surface area (Å²) in [4.78, 5) is 30.4. The molecule has 6 heteroatoms. The van der Waals surface area contributed by atoms with E-state index >= 15 is 0 Å². The highest BCUT2D eigenvalue weighted by Crippen LogP contribution is 2.37. The molecule has 1 aromatic carbocycles. The van der Waals surface area contributed by atoms with Crippen molar-refractivity contribution in [3.05, 3.63) is 57.8 Å². The Morgan fingerprint density at radius 1 is 1.26 bits per heavy atom. The zero-order chi connectivity index (χ0) is 19.2. The average Bonchev–Trinajstić information content (AvgIpc) is 3.16. The van der Waals surface area contributed by atoms with Crippen LogP contribution in [-0.2, 0) is 20.7 Å². The van der Waals surface area contributed by atoms with Gasteiger partial charge in [0.25, 0.3) is 0 Å². The standard InChI is InChI=1S/C21H26N2O3S/c1-3-11-22(20(25)15-26-2)14-19(24)23-12-9-18-17(10-13-27-18)21(23)16-7-5-4-6-8-16/h4-8,10,13,21H,3,9,11-12,14-15H2,1-2H3. The van der Waals surface area contributed by atoms with Crippen molar-refractivity contribution in [1.82, 2.24) is 9.80 Å². The van der Waals surface area contributed by atoms with E-state index in [0.29, 0.717) is 13.1 Å². The Kier molecular flexibility index (Phi) is 6.63. The lowest BCUT2D eigenvalue weighted by atomic mass is 9.93. The van der Waals surface area contributed by atoms with Gasteiger partial charge in [0.1, 0.15) is 6.61 Å². The van der Waals surface area contributed by atoms with Crippen LogP contribution < -0.4 is 0 Å². The molecule has 2 aromatic rings. The molecule has 0 N–H and O–H groups in total. The highest BCUT2D eigenvalue weighted by molar-refractivity contribution is 7.10. The molecule has 1 aliphatic rings. The minimum Gasteiger partial charge on any atom is -0.375 e. The normalized spacial score (nSPS) is 16.1. The third-order valence-corrected chi connectivity index (χ3v) is 5.84. The summed E-state index contributed by atoms with van der Waals surface area (Å²) < 4.78 is 4.97. The molecular formula is C21H26N2O3S. The van der Waals surface area contributed by atoms with Gasteiger partial charge in [0, 0.05) is 25.1 Å². The molecule has 0 radical (unpaired) electrons. The molecule has 2 heterocycles. The minimum absolute atomic E-state index is 0.00404. The van der Waals surface area contributed by atoms with Gasteiger partial charge < -0.3 is 14.5 Å². The smallest absolute Gasteiger partial charge is 0.249 e. The third-order valence-electron chi connectivity index (χ3n) is 4.84. The maximum absolute atomic E-state index is 13.2. The predicted molar refractivity (Wildman–Crippen MR) is 107 cm³/mol. The highest BCUT2D eigenvalue weighted by Gasteiger charge is 2.33. The van der Waals surface area contributed by atoms with E-state index in [1.54, 1.807) is 16.2 Å². The van der Waals surface area contributed by atoms with Crippen LogP contribution in [0, 0.1) is 0 Å². The van der Waals surface area contributed by atoms with Crippen LogP contribution in [0.15, 0.2) is 41.8 Å². The molecule has 1 atom stereocenters.